The van der Waals surface area contributed by atoms with Gasteiger partial charge in [-0.15, -0.1) is 0 Å². The van der Waals surface area contributed by atoms with Gasteiger partial charge in [0.25, 0.3) is 5.89 Å². The summed E-state index contributed by atoms with van der Waals surface area (Å²) in [4.78, 5) is 12.4. The maximum Gasteiger partial charge on any atom is 0.278 e. The molecule has 0 aliphatic heterocycles. The molecule has 3 aromatic rings. The van der Waals surface area contributed by atoms with Gasteiger partial charge in [0.1, 0.15) is 11.5 Å². The van der Waals surface area contributed by atoms with Crippen molar-refractivity contribution >= 4 is 10.0 Å². The highest BCUT2D eigenvalue weighted by Crippen LogP contribution is 2.69. The number of imidazole rings is 1. The van der Waals surface area contributed by atoms with E-state index in [9.17, 15) is 8.42 Å². The molecule has 2 fully saturated rings. The predicted molar refractivity (Wildman–Crippen MR) is 101 cm³/mol. The summed E-state index contributed by atoms with van der Waals surface area (Å²) in [5.41, 5.74) is 1.65. The lowest BCUT2D eigenvalue weighted by Gasteiger charge is -2.04. The van der Waals surface area contributed by atoms with Gasteiger partial charge in [-0.25, -0.2) is 18.5 Å². The summed E-state index contributed by atoms with van der Waals surface area (Å²) >= 11 is 0. The number of hydrogen-bond acceptors (Lipinski definition) is 6. The fourth-order valence-corrected chi connectivity index (χ4v) is 4.60. The van der Waals surface area contributed by atoms with Crippen LogP contribution in [0.3, 0.4) is 0 Å². The van der Waals surface area contributed by atoms with Crippen molar-refractivity contribution in [1.29, 1.82) is 0 Å². The van der Waals surface area contributed by atoms with Gasteiger partial charge in [-0.1, -0.05) is 31.1 Å². The molecule has 8 nitrogen and oxygen atoms in total. The summed E-state index contributed by atoms with van der Waals surface area (Å²) in [6, 6.07) is 6.70. The van der Waals surface area contributed by atoms with Crippen molar-refractivity contribution in [3.8, 4) is 11.6 Å². The van der Waals surface area contributed by atoms with Crippen molar-refractivity contribution in [3.05, 3.63) is 47.7 Å². The fraction of sp³-hybridized carbons (Fsp3) is 0.421. The Morgan fingerprint density at radius 1 is 1.14 bits per heavy atom. The number of aromatic amines is 1. The van der Waals surface area contributed by atoms with Crippen LogP contribution in [0.15, 0.2) is 39.9 Å². The molecule has 2 aliphatic carbocycles. The predicted octanol–water partition coefficient (Wildman–Crippen LogP) is 2.89. The fourth-order valence-electron chi connectivity index (χ4n) is 4.08. The van der Waals surface area contributed by atoms with Gasteiger partial charge in [-0.3, -0.25) is 0 Å². The van der Waals surface area contributed by atoms with Crippen LogP contribution in [0.25, 0.3) is 11.6 Å². The van der Waals surface area contributed by atoms with Crippen molar-refractivity contribution in [3.63, 3.8) is 0 Å². The van der Waals surface area contributed by atoms with Gasteiger partial charge in [0.2, 0.25) is 10.0 Å². The zero-order valence-corrected chi connectivity index (χ0v) is 16.4. The first-order valence-electron chi connectivity index (χ1n) is 9.27. The Hall–Kier alpha value is -2.52. The van der Waals surface area contributed by atoms with E-state index in [1.807, 2.05) is 18.3 Å². The van der Waals surface area contributed by atoms with Crippen LogP contribution < -0.4 is 5.14 Å². The van der Waals surface area contributed by atoms with E-state index in [1.54, 1.807) is 12.1 Å². The van der Waals surface area contributed by atoms with E-state index in [1.165, 1.54) is 12.8 Å². The summed E-state index contributed by atoms with van der Waals surface area (Å²) < 4.78 is 28.4. The van der Waals surface area contributed by atoms with Gasteiger partial charge in [0.05, 0.1) is 4.90 Å². The first-order chi connectivity index (χ1) is 13.2. The maximum absolute atomic E-state index is 11.5. The van der Waals surface area contributed by atoms with Gasteiger partial charge < -0.3 is 9.51 Å². The number of hydrogen-bond donors (Lipinski definition) is 2. The molecule has 28 heavy (non-hydrogen) atoms. The van der Waals surface area contributed by atoms with Crippen molar-refractivity contribution in [1.82, 2.24) is 20.1 Å². The zero-order chi connectivity index (χ0) is 19.7. The highest BCUT2D eigenvalue weighted by molar-refractivity contribution is 7.89. The standard InChI is InChI=1S/C19H21N5O3S/c1-19(2)14(10-5-7-12(8-6-10)28(20,25)26)15(19)17-23-18(27-24-17)13-9-21-16(22-13)11-3-4-11/h5-9,11,14-15H,3-4H2,1-2H3,(H,21,22)(H2,20,25,26). The topological polar surface area (TPSA) is 128 Å². The summed E-state index contributed by atoms with van der Waals surface area (Å²) in [5.74, 6) is 2.85. The van der Waals surface area contributed by atoms with Gasteiger partial charge in [-0.2, -0.15) is 4.98 Å². The molecule has 146 valence electrons. The number of sulfonamides is 1. The van der Waals surface area contributed by atoms with E-state index >= 15 is 0 Å². The number of benzene rings is 1. The van der Waals surface area contributed by atoms with Crippen molar-refractivity contribution < 1.29 is 12.9 Å². The molecule has 2 heterocycles. The van der Waals surface area contributed by atoms with E-state index in [2.05, 4.69) is 34.0 Å². The van der Waals surface area contributed by atoms with Crippen LogP contribution in [0.2, 0.25) is 0 Å². The molecule has 9 heteroatoms. The highest BCUT2D eigenvalue weighted by atomic mass is 32.2. The zero-order valence-electron chi connectivity index (χ0n) is 15.6. The van der Waals surface area contributed by atoms with Crippen LogP contribution in [-0.4, -0.2) is 28.5 Å². The Balaban J connectivity index is 1.40. The van der Waals surface area contributed by atoms with Crippen molar-refractivity contribution in [2.24, 2.45) is 10.6 Å². The van der Waals surface area contributed by atoms with Gasteiger partial charge in [-0.05, 0) is 36.0 Å². The molecule has 2 unspecified atom stereocenters. The quantitative estimate of drug-likeness (QED) is 0.679. The second-order valence-electron chi connectivity index (χ2n) is 8.29. The second-order valence-corrected chi connectivity index (χ2v) is 9.86. The largest absolute Gasteiger partial charge is 0.348 e. The van der Waals surface area contributed by atoms with Gasteiger partial charge >= 0.3 is 0 Å². The smallest absolute Gasteiger partial charge is 0.278 e. The second kappa shape index (κ2) is 5.74. The van der Waals surface area contributed by atoms with Crippen LogP contribution in [0, 0.1) is 5.41 Å². The maximum atomic E-state index is 11.5. The summed E-state index contributed by atoms with van der Waals surface area (Å²) in [5, 5.41) is 9.38. The Bertz CT molecular complexity index is 1140. The minimum Gasteiger partial charge on any atom is -0.348 e. The summed E-state index contributed by atoms with van der Waals surface area (Å²) in [6.45, 7) is 4.29. The molecular weight excluding hydrogens is 378 g/mol. The van der Waals surface area contributed by atoms with Crippen molar-refractivity contribution in [2.75, 3.05) is 0 Å². The van der Waals surface area contributed by atoms with Crippen LogP contribution in [-0.2, 0) is 10.0 Å². The Morgan fingerprint density at radius 3 is 2.50 bits per heavy atom. The lowest BCUT2D eigenvalue weighted by atomic mass is 10.0. The normalized spacial score (nSPS) is 23.7. The van der Waals surface area contributed by atoms with E-state index < -0.39 is 10.0 Å². The third-order valence-electron chi connectivity index (χ3n) is 5.90. The Morgan fingerprint density at radius 2 is 1.86 bits per heavy atom. The van der Waals surface area contributed by atoms with Crippen molar-refractivity contribution in [2.45, 2.75) is 49.3 Å². The lowest BCUT2D eigenvalue weighted by Crippen LogP contribution is -2.11. The SMILES string of the molecule is CC1(C)C(c2ccc(S(N)(=O)=O)cc2)C1c1noc(-c2c[nH]c(C3CC3)n2)n1. The summed E-state index contributed by atoms with van der Waals surface area (Å²) in [7, 11) is -3.70. The lowest BCUT2D eigenvalue weighted by molar-refractivity contribution is 0.418. The van der Waals surface area contributed by atoms with E-state index in [0.717, 1.165) is 11.4 Å². The number of nitrogens with one attached hydrogen (secondary N) is 1. The molecule has 5 rings (SSSR count). The molecule has 1 aromatic carbocycles. The molecule has 0 bridgehead atoms. The van der Waals surface area contributed by atoms with E-state index in [4.69, 9.17) is 9.66 Å². The minimum atomic E-state index is -3.70. The van der Waals surface area contributed by atoms with Crippen LogP contribution in [0.1, 0.15) is 61.7 Å². The number of nitrogens with zero attached hydrogens (tertiary/aromatic N) is 3. The molecule has 2 saturated carbocycles. The van der Waals surface area contributed by atoms with E-state index in [-0.39, 0.29) is 22.1 Å². The average molecular weight is 399 g/mol. The van der Waals surface area contributed by atoms with Gasteiger partial charge in [0, 0.05) is 24.0 Å². The number of nitrogens with two attached hydrogens (primary N) is 1. The van der Waals surface area contributed by atoms with Crippen LogP contribution >= 0.6 is 0 Å². The molecular formula is C19H21N5O3S. The van der Waals surface area contributed by atoms with Gasteiger partial charge in [0.15, 0.2) is 5.82 Å². The minimum absolute atomic E-state index is 0.0605. The third-order valence-corrected chi connectivity index (χ3v) is 6.83. The number of aromatic nitrogens is 4. The highest BCUT2D eigenvalue weighted by Gasteiger charge is 2.61. The number of rotatable bonds is 5. The molecule has 3 N–H and O–H groups in total. The number of H-pyrrole nitrogens is 1. The number of primary sulfonamides is 1. The average Bonchev–Trinajstić information content (AvgIpc) is 3.41. The monoisotopic (exact) mass is 399 g/mol. The molecule has 2 aromatic heterocycles. The third kappa shape index (κ3) is 2.85. The molecule has 0 radical (unpaired) electrons. The first-order valence-corrected chi connectivity index (χ1v) is 10.8. The molecule has 2 atom stereocenters. The molecule has 0 amide bonds. The summed E-state index contributed by atoms with van der Waals surface area (Å²) in [6.07, 6.45) is 4.15. The molecule has 0 spiro atoms. The molecule has 2 aliphatic rings. The Kier molecular flexibility index (Phi) is 3.60. The van der Waals surface area contributed by atoms with Crippen LogP contribution in [0.4, 0.5) is 0 Å². The first kappa shape index (κ1) is 17.6. The van der Waals surface area contributed by atoms with E-state index in [0.29, 0.717) is 23.3 Å². The van der Waals surface area contributed by atoms with Crippen LogP contribution in [0.5, 0.6) is 0 Å². The molecule has 0 saturated heterocycles. The Labute approximate surface area is 162 Å².